The van der Waals surface area contributed by atoms with Crippen molar-refractivity contribution in [3.05, 3.63) is 53.9 Å². The van der Waals surface area contributed by atoms with Gasteiger partial charge >= 0.3 is 6.03 Å². The van der Waals surface area contributed by atoms with Gasteiger partial charge in [0.05, 0.1) is 0 Å². The predicted octanol–water partition coefficient (Wildman–Crippen LogP) is 3.34. The fraction of sp³-hybridized carbons (Fsp3) is 0.143. The third kappa shape index (κ3) is 3.31. The molecule has 18 heavy (non-hydrogen) atoms. The first-order chi connectivity index (χ1) is 8.63. The number of carbonyl (C=O) groups excluding carboxylic acids is 1. The van der Waals surface area contributed by atoms with E-state index in [1.807, 2.05) is 26.0 Å². The number of hydrogen-bond donors (Lipinski definition) is 2. The Morgan fingerprint density at radius 1 is 0.944 bits per heavy atom. The van der Waals surface area contributed by atoms with Gasteiger partial charge in [-0.25, -0.2) is 4.79 Å². The SMILES string of the molecule is Cc1cc(C)cc(NC(=O)Nc2ccncc2)c1. The predicted molar refractivity (Wildman–Crippen MR) is 72.8 cm³/mol. The van der Waals surface area contributed by atoms with Gasteiger partial charge in [0.2, 0.25) is 0 Å². The Morgan fingerprint density at radius 3 is 2.11 bits per heavy atom. The quantitative estimate of drug-likeness (QED) is 0.847. The lowest BCUT2D eigenvalue weighted by atomic mass is 10.1. The normalized spacial score (nSPS) is 9.89. The van der Waals surface area contributed by atoms with E-state index >= 15 is 0 Å². The van der Waals surface area contributed by atoms with Crippen LogP contribution in [0.4, 0.5) is 16.2 Å². The summed E-state index contributed by atoms with van der Waals surface area (Å²) in [6.45, 7) is 4.00. The molecule has 1 aromatic heterocycles. The minimum absolute atomic E-state index is 0.258. The van der Waals surface area contributed by atoms with Crippen molar-refractivity contribution in [1.82, 2.24) is 4.98 Å². The summed E-state index contributed by atoms with van der Waals surface area (Å²) in [6.07, 6.45) is 3.26. The second-order valence-electron chi connectivity index (χ2n) is 4.19. The second kappa shape index (κ2) is 5.31. The summed E-state index contributed by atoms with van der Waals surface area (Å²) in [4.78, 5) is 15.6. The maximum atomic E-state index is 11.8. The van der Waals surface area contributed by atoms with Gasteiger partial charge in [-0.2, -0.15) is 0 Å². The number of amides is 2. The fourth-order valence-corrected chi connectivity index (χ4v) is 1.78. The molecule has 0 aliphatic heterocycles. The van der Waals surface area contributed by atoms with E-state index in [1.165, 1.54) is 0 Å². The van der Waals surface area contributed by atoms with E-state index in [4.69, 9.17) is 0 Å². The van der Waals surface area contributed by atoms with Crippen LogP contribution in [0.2, 0.25) is 0 Å². The largest absolute Gasteiger partial charge is 0.323 e. The molecule has 0 spiro atoms. The first-order valence-corrected chi connectivity index (χ1v) is 5.70. The molecule has 0 saturated carbocycles. The standard InChI is InChI=1S/C14H15N3O/c1-10-7-11(2)9-13(8-10)17-14(18)16-12-3-5-15-6-4-12/h3-9H,1-2H3,(H2,15,16,17,18). The molecule has 4 heteroatoms. The number of anilines is 2. The Balaban J connectivity index is 2.03. The molecule has 92 valence electrons. The molecule has 2 N–H and O–H groups in total. The van der Waals surface area contributed by atoms with Gasteiger partial charge in [-0.05, 0) is 49.2 Å². The van der Waals surface area contributed by atoms with Crippen LogP contribution < -0.4 is 10.6 Å². The average molecular weight is 241 g/mol. The Bertz CT molecular complexity index is 532. The van der Waals surface area contributed by atoms with Gasteiger partial charge in [0.15, 0.2) is 0 Å². The molecule has 0 saturated heterocycles. The molecule has 0 fully saturated rings. The number of aromatic nitrogens is 1. The van der Waals surface area contributed by atoms with Crippen LogP contribution in [0.1, 0.15) is 11.1 Å². The van der Waals surface area contributed by atoms with Crippen molar-refractivity contribution in [2.24, 2.45) is 0 Å². The number of pyridine rings is 1. The Kier molecular flexibility index (Phi) is 3.57. The van der Waals surface area contributed by atoms with Crippen LogP contribution in [-0.4, -0.2) is 11.0 Å². The van der Waals surface area contributed by atoms with Crippen LogP contribution in [-0.2, 0) is 0 Å². The summed E-state index contributed by atoms with van der Waals surface area (Å²) in [7, 11) is 0. The number of aryl methyl sites for hydroxylation is 2. The lowest BCUT2D eigenvalue weighted by Crippen LogP contribution is -2.19. The van der Waals surface area contributed by atoms with E-state index in [-0.39, 0.29) is 6.03 Å². The third-order valence-corrected chi connectivity index (χ3v) is 2.42. The molecule has 0 bridgehead atoms. The summed E-state index contributed by atoms with van der Waals surface area (Å²) in [5.41, 5.74) is 3.74. The minimum Gasteiger partial charge on any atom is -0.308 e. The van der Waals surface area contributed by atoms with Crippen molar-refractivity contribution < 1.29 is 4.79 Å². The zero-order chi connectivity index (χ0) is 13.0. The Labute approximate surface area is 106 Å². The van der Waals surface area contributed by atoms with E-state index in [0.29, 0.717) is 5.69 Å². The molecule has 2 aromatic rings. The average Bonchev–Trinajstić information content (AvgIpc) is 2.28. The van der Waals surface area contributed by atoms with Gasteiger partial charge in [0.1, 0.15) is 0 Å². The molecule has 1 aromatic carbocycles. The second-order valence-corrected chi connectivity index (χ2v) is 4.19. The van der Waals surface area contributed by atoms with Crippen LogP contribution >= 0.6 is 0 Å². The number of nitrogens with zero attached hydrogens (tertiary/aromatic N) is 1. The fourth-order valence-electron chi connectivity index (χ4n) is 1.78. The summed E-state index contributed by atoms with van der Waals surface area (Å²) in [6, 6.07) is 9.14. The Hall–Kier alpha value is -2.36. The zero-order valence-electron chi connectivity index (χ0n) is 10.4. The van der Waals surface area contributed by atoms with Gasteiger partial charge in [0.25, 0.3) is 0 Å². The molecule has 1 heterocycles. The maximum Gasteiger partial charge on any atom is 0.323 e. The number of carbonyl (C=O) groups is 1. The van der Waals surface area contributed by atoms with Crippen molar-refractivity contribution in [2.75, 3.05) is 10.6 Å². The van der Waals surface area contributed by atoms with Gasteiger partial charge in [-0.3, -0.25) is 4.98 Å². The van der Waals surface area contributed by atoms with E-state index in [0.717, 1.165) is 16.8 Å². The third-order valence-electron chi connectivity index (χ3n) is 2.42. The summed E-state index contributed by atoms with van der Waals surface area (Å²) in [5, 5.41) is 5.54. The molecule has 4 nitrogen and oxygen atoms in total. The highest BCUT2D eigenvalue weighted by Gasteiger charge is 2.03. The van der Waals surface area contributed by atoms with Crippen LogP contribution in [0.15, 0.2) is 42.7 Å². The lowest BCUT2D eigenvalue weighted by Gasteiger charge is -2.09. The smallest absolute Gasteiger partial charge is 0.308 e. The number of nitrogens with one attached hydrogen (secondary N) is 2. The topological polar surface area (TPSA) is 54.0 Å². The highest BCUT2D eigenvalue weighted by molar-refractivity contribution is 5.99. The van der Waals surface area contributed by atoms with Gasteiger partial charge < -0.3 is 10.6 Å². The number of rotatable bonds is 2. The lowest BCUT2D eigenvalue weighted by molar-refractivity contribution is 0.262. The number of urea groups is 1. The first kappa shape index (κ1) is 12.1. The van der Waals surface area contributed by atoms with E-state index in [1.54, 1.807) is 24.5 Å². The number of hydrogen-bond acceptors (Lipinski definition) is 2. The molecule has 0 aliphatic carbocycles. The van der Waals surface area contributed by atoms with Crippen molar-refractivity contribution in [1.29, 1.82) is 0 Å². The van der Waals surface area contributed by atoms with Crippen LogP contribution in [0.5, 0.6) is 0 Å². The van der Waals surface area contributed by atoms with Gasteiger partial charge in [-0.1, -0.05) is 6.07 Å². The Morgan fingerprint density at radius 2 is 1.50 bits per heavy atom. The van der Waals surface area contributed by atoms with Crippen molar-refractivity contribution in [3.63, 3.8) is 0 Å². The van der Waals surface area contributed by atoms with Crippen molar-refractivity contribution in [3.8, 4) is 0 Å². The summed E-state index contributed by atoms with van der Waals surface area (Å²) in [5.74, 6) is 0. The first-order valence-electron chi connectivity index (χ1n) is 5.70. The van der Waals surface area contributed by atoms with Crippen LogP contribution in [0.3, 0.4) is 0 Å². The van der Waals surface area contributed by atoms with Crippen LogP contribution in [0, 0.1) is 13.8 Å². The van der Waals surface area contributed by atoms with Crippen LogP contribution in [0.25, 0.3) is 0 Å². The molecule has 2 rings (SSSR count). The van der Waals surface area contributed by atoms with Crippen molar-refractivity contribution >= 4 is 17.4 Å². The maximum absolute atomic E-state index is 11.8. The van der Waals surface area contributed by atoms with Crippen molar-refractivity contribution in [2.45, 2.75) is 13.8 Å². The highest BCUT2D eigenvalue weighted by Crippen LogP contribution is 2.14. The molecule has 0 radical (unpaired) electrons. The highest BCUT2D eigenvalue weighted by atomic mass is 16.2. The molecular weight excluding hydrogens is 226 g/mol. The van der Waals surface area contributed by atoms with E-state index < -0.39 is 0 Å². The van der Waals surface area contributed by atoms with E-state index in [2.05, 4.69) is 21.7 Å². The van der Waals surface area contributed by atoms with E-state index in [9.17, 15) is 4.79 Å². The van der Waals surface area contributed by atoms with Gasteiger partial charge in [0, 0.05) is 23.8 Å². The van der Waals surface area contributed by atoms with Gasteiger partial charge in [-0.15, -0.1) is 0 Å². The summed E-state index contributed by atoms with van der Waals surface area (Å²) < 4.78 is 0. The molecule has 0 aliphatic rings. The monoisotopic (exact) mass is 241 g/mol. The summed E-state index contributed by atoms with van der Waals surface area (Å²) >= 11 is 0. The molecule has 2 amide bonds. The minimum atomic E-state index is -0.258. The molecule has 0 atom stereocenters. The number of benzene rings is 1. The molecule has 0 unspecified atom stereocenters. The molecular formula is C14H15N3O. The zero-order valence-corrected chi connectivity index (χ0v) is 10.4.